The van der Waals surface area contributed by atoms with Gasteiger partial charge in [0.25, 0.3) is 0 Å². The van der Waals surface area contributed by atoms with Gasteiger partial charge in [-0.2, -0.15) is 4.48 Å². The molecule has 108 valence electrons. The number of hydrogen-bond acceptors (Lipinski definition) is 4. The Hall–Kier alpha value is -2.45. The van der Waals surface area contributed by atoms with Crippen molar-refractivity contribution in [3.05, 3.63) is 35.5 Å². The Morgan fingerprint density at radius 1 is 1.38 bits per heavy atom. The molecule has 2 rings (SSSR count). The van der Waals surface area contributed by atoms with E-state index in [4.69, 9.17) is 4.74 Å². The van der Waals surface area contributed by atoms with E-state index in [1.807, 2.05) is 24.3 Å². The van der Waals surface area contributed by atoms with Crippen molar-refractivity contribution in [3.63, 3.8) is 0 Å². The molecule has 1 aromatic heterocycles. The molecular formula is C16H18N3O2+. The van der Waals surface area contributed by atoms with Gasteiger partial charge in [0.05, 0.1) is 37.3 Å². The number of benzene rings is 1. The molecular weight excluding hydrogens is 266 g/mol. The number of nitrogens with zero attached hydrogens (tertiary/aromatic N) is 3. The van der Waals surface area contributed by atoms with Crippen molar-refractivity contribution in [1.29, 1.82) is 5.26 Å². The number of hydrogen-bond donors (Lipinski definition) is 0. The number of ether oxygens (including phenoxy) is 1. The fraction of sp³-hybridized carbons (Fsp3) is 0.312. The lowest BCUT2D eigenvalue weighted by Gasteiger charge is -2.23. The fourth-order valence-electron chi connectivity index (χ4n) is 2.39. The highest BCUT2D eigenvalue weighted by Crippen LogP contribution is 2.34. The second-order valence-corrected chi connectivity index (χ2v) is 5.21. The summed E-state index contributed by atoms with van der Waals surface area (Å²) in [6.45, 7) is 3.80. The molecule has 0 bridgehead atoms. The molecule has 0 aliphatic rings. The van der Waals surface area contributed by atoms with E-state index in [2.05, 4.69) is 11.2 Å². The third kappa shape index (κ3) is 2.58. The Morgan fingerprint density at radius 2 is 2.05 bits per heavy atom. The van der Waals surface area contributed by atoms with Gasteiger partial charge in [0, 0.05) is 0 Å². The van der Waals surface area contributed by atoms with E-state index in [0.29, 0.717) is 16.9 Å². The third-order valence-corrected chi connectivity index (χ3v) is 3.33. The smallest absolute Gasteiger partial charge is 0.346 e. The lowest BCUT2D eigenvalue weighted by molar-refractivity contribution is 0.0524. The second-order valence-electron chi connectivity index (χ2n) is 5.21. The fourth-order valence-corrected chi connectivity index (χ4v) is 2.39. The Bertz CT molecular complexity index is 745. The van der Waals surface area contributed by atoms with Crippen LogP contribution < -0.4 is 4.48 Å². The largest absolute Gasteiger partial charge is 0.462 e. The predicted octanol–water partition coefficient (Wildman–Crippen LogP) is 2.77. The van der Waals surface area contributed by atoms with Gasteiger partial charge in [-0.1, -0.05) is 12.1 Å². The summed E-state index contributed by atoms with van der Waals surface area (Å²) in [4.78, 5) is 16.8. The molecule has 0 spiro atoms. The summed E-state index contributed by atoms with van der Waals surface area (Å²) in [6.07, 6.45) is 2.22. The first-order valence-corrected chi connectivity index (χ1v) is 6.74. The molecule has 5 heteroatoms. The van der Waals surface area contributed by atoms with E-state index in [1.165, 1.54) is 0 Å². The molecule has 0 fully saturated rings. The van der Waals surface area contributed by atoms with Gasteiger partial charge in [0.1, 0.15) is 5.56 Å². The molecule has 0 radical (unpaired) electrons. The van der Waals surface area contributed by atoms with Crippen LogP contribution in [0.3, 0.4) is 0 Å². The van der Waals surface area contributed by atoms with Gasteiger partial charge in [0.15, 0.2) is 5.69 Å². The van der Waals surface area contributed by atoms with Crippen LogP contribution in [0.2, 0.25) is 0 Å². The molecule has 0 unspecified atom stereocenters. The number of pyridine rings is 1. The quantitative estimate of drug-likeness (QED) is 0.494. The topological polar surface area (TPSA) is 63.0 Å². The Labute approximate surface area is 124 Å². The van der Waals surface area contributed by atoms with E-state index < -0.39 is 5.97 Å². The molecule has 2 aromatic rings. The van der Waals surface area contributed by atoms with Crippen LogP contribution in [0, 0.1) is 18.4 Å². The van der Waals surface area contributed by atoms with Crippen molar-refractivity contribution in [3.8, 4) is 6.19 Å². The minimum Gasteiger partial charge on any atom is -0.462 e. The third-order valence-electron chi connectivity index (χ3n) is 3.33. The molecule has 5 nitrogen and oxygen atoms in total. The van der Waals surface area contributed by atoms with Crippen LogP contribution in [-0.2, 0) is 4.74 Å². The number of para-hydroxylation sites is 1. The number of carbonyl (C=O) groups excluding carboxylic acids is 1. The molecule has 0 aliphatic carbocycles. The summed E-state index contributed by atoms with van der Waals surface area (Å²) in [5.74, 6) is -0.440. The van der Waals surface area contributed by atoms with Crippen molar-refractivity contribution < 1.29 is 9.53 Å². The van der Waals surface area contributed by atoms with E-state index in [-0.39, 0.29) is 11.1 Å². The van der Waals surface area contributed by atoms with Gasteiger partial charge in [-0.15, -0.1) is 5.26 Å². The van der Waals surface area contributed by atoms with E-state index in [9.17, 15) is 10.1 Å². The molecule has 1 heterocycles. The van der Waals surface area contributed by atoms with Gasteiger partial charge in [-0.25, -0.2) is 4.79 Å². The summed E-state index contributed by atoms with van der Waals surface area (Å²) in [5, 5.41) is 10.3. The zero-order valence-electron chi connectivity index (χ0n) is 12.7. The predicted molar refractivity (Wildman–Crippen MR) is 81.7 cm³/mol. The summed E-state index contributed by atoms with van der Waals surface area (Å²) in [6, 6.07) is 7.50. The van der Waals surface area contributed by atoms with Gasteiger partial charge in [-0.3, -0.25) is 4.98 Å². The molecule has 0 amide bonds. The summed E-state index contributed by atoms with van der Waals surface area (Å²) < 4.78 is 5.05. The lowest BCUT2D eigenvalue weighted by Crippen LogP contribution is -2.36. The first kappa shape index (κ1) is 14.9. The average molecular weight is 284 g/mol. The van der Waals surface area contributed by atoms with Gasteiger partial charge in [-0.05, 0) is 26.0 Å². The molecule has 1 aromatic carbocycles. The van der Waals surface area contributed by atoms with E-state index in [1.54, 1.807) is 27.9 Å². The monoisotopic (exact) mass is 284 g/mol. The standard InChI is InChI=1S/C16H18N3O2/c1-5-21-16(20)14-11(2)18-13-9-7-6-8-12(13)15(14)19(3,4)10-17/h6-9H,5H2,1-4H3/q+1. The number of quaternary nitrogens is 1. The zero-order chi connectivity index (χ0) is 15.6. The summed E-state index contributed by atoms with van der Waals surface area (Å²) in [5.41, 5.74) is 2.34. The first-order chi connectivity index (χ1) is 9.92. The van der Waals surface area contributed by atoms with Crippen LogP contribution >= 0.6 is 0 Å². The highest BCUT2D eigenvalue weighted by atomic mass is 16.5. The van der Waals surface area contributed by atoms with Crippen molar-refractivity contribution in [1.82, 2.24) is 9.47 Å². The van der Waals surface area contributed by atoms with Crippen LogP contribution in [0.5, 0.6) is 0 Å². The van der Waals surface area contributed by atoms with Crippen molar-refractivity contribution >= 4 is 22.6 Å². The molecule has 0 aliphatic heterocycles. The zero-order valence-corrected chi connectivity index (χ0v) is 12.7. The summed E-state index contributed by atoms with van der Waals surface area (Å²) >= 11 is 0. The van der Waals surface area contributed by atoms with Crippen molar-refractivity contribution in [2.75, 3.05) is 20.7 Å². The SMILES string of the molecule is CCOC(=O)c1c(C)nc2ccccc2c1[N+](C)(C)C#N. The number of esters is 1. The van der Waals surface area contributed by atoms with E-state index in [0.717, 1.165) is 10.9 Å². The molecule has 21 heavy (non-hydrogen) atoms. The van der Waals surface area contributed by atoms with Gasteiger partial charge < -0.3 is 4.74 Å². The van der Waals surface area contributed by atoms with Crippen LogP contribution in [0.25, 0.3) is 10.9 Å². The maximum atomic E-state index is 12.3. The van der Waals surface area contributed by atoms with Crippen LogP contribution in [0.1, 0.15) is 23.0 Å². The van der Waals surface area contributed by atoms with Crippen molar-refractivity contribution in [2.24, 2.45) is 0 Å². The Kier molecular flexibility index (Phi) is 3.92. The van der Waals surface area contributed by atoms with Gasteiger partial charge >= 0.3 is 12.2 Å². The minimum atomic E-state index is -0.440. The second kappa shape index (κ2) is 5.51. The molecule has 0 saturated carbocycles. The molecule has 0 saturated heterocycles. The maximum Gasteiger partial charge on any atom is 0.346 e. The van der Waals surface area contributed by atoms with Crippen LogP contribution in [0.15, 0.2) is 24.3 Å². The van der Waals surface area contributed by atoms with Crippen molar-refractivity contribution in [2.45, 2.75) is 13.8 Å². The van der Waals surface area contributed by atoms with Gasteiger partial charge in [0.2, 0.25) is 0 Å². The lowest BCUT2D eigenvalue weighted by atomic mass is 10.0. The average Bonchev–Trinajstić information content (AvgIpc) is 2.45. The number of fused-ring (bicyclic) bond motifs is 1. The number of carbonyl (C=O) groups is 1. The van der Waals surface area contributed by atoms with E-state index >= 15 is 0 Å². The minimum absolute atomic E-state index is 0.0853. The molecule has 0 N–H and O–H groups in total. The maximum absolute atomic E-state index is 12.3. The Morgan fingerprint density at radius 3 is 2.67 bits per heavy atom. The summed E-state index contributed by atoms with van der Waals surface area (Å²) in [7, 11) is 3.48. The number of aromatic nitrogens is 1. The molecule has 0 atom stereocenters. The normalized spacial score (nSPS) is 11.2. The number of nitriles is 1. The van der Waals surface area contributed by atoms with Crippen LogP contribution in [-0.4, -0.2) is 31.7 Å². The first-order valence-electron chi connectivity index (χ1n) is 6.74. The number of rotatable bonds is 3. The highest BCUT2D eigenvalue weighted by molar-refractivity contribution is 6.05. The Balaban J connectivity index is 2.90. The van der Waals surface area contributed by atoms with Crippen LogP contribution in [0.4, 0.5) is 5.69 Å². The highest BCUT2D eigenvalue weighted by Gasteiger charge is 2.32. The number of aryl methyl sites for hydroxylation is 1.